The highest BCUT2D eigenvalue weighted by Gasteiger charge is 2.13. The molecule has 0 spiro atoms. The van der Waals surface area contributed by atoms with Crippen LogP contribution in [-0.4, -0.2) is 17.4 Å². The normalized spacial score (nSPS) is 11.5. The van der Waals surface area contributed by atoms with Crippen molar-refractivity contribution in [2.24, 2.45) is 0 Å². The highest BCUT2D eigenvalue weighted by Crippen LogP contribution is 2.18. The second-order valence-electron chi connectivity index (χ2n) is 4.98. The summed E-state index contributed by atoms with van der Waals surface area (Å²) in [5, 5.41) is 13.5. The number of nitro groups is 1. The molecule has 2 rings (SSSR count). The van der Waals surface area contributed by atoms with Crippen molar-refractivity contribution in [3.05, 3.63) is 70.3 Å². The maximum absolute atomic E-state index is 12.0. The van der Waals surface area contributed by atoms with E-state index in [9.17, 15) is 14.9 Å². The van der Waals surface area contributed by atoms with Crippen molar-refractivity contribution < 1.29 is 14.5 Å². The minimum absolute atomic E-state index is 0.0167. The summed E-state index contributed by atoms with van der Waals surface area (Å²) in [4.78, 5) is 22.1. The highest BCUT2D eigenvalue weighted by molar-refractivity contribution is 5.78. The van der Waals surface area contributed by atoms with Crippen LogP contribution in [0.5, 0.6) is 5.75 Å². The summed E-state index contributed by atoms with van der Waals surface area (Å²) in [6.45, 7) is 1.86. The number of amides is 1. The summed E-state index contributed by atoms with van der Waals surface area (Å²) >= 11 is 0. The smallest absolute Gasteiger partial charge is 0.269 e. The van der Waals surface area contributed by atoms with E-state index in [4.69, 9.17) is 4.74 Å². The lowest BCUT2D eigenvalue weighted by atomic mass is 10.0. The molecule has 0 radical (unpaired) electrons. The van der Waals surface area contributed by atoms with Gasteiger partial charge in [-0.05, 0) is 24.1 Å². The fourth-order valence-corrected chi connectivity index (χ4v) is 2.16. The molecule has 0 aromatic heterocycles. The van der Waals surface area contributed by atoms with Crippen LogP contribution in [0.15, 0.2) is 54.6 Å². The van der Waals surface area contributed by atoms with Crippen molar-refractivity contribution in [3.63, 3.8) is 0 Å². The summed E-state index contributed by atoms with van der Waals surface area (Å²) < 4.78 is 5.35. The van der Waals surface area contributed by atoms with Gasteiger partial charge in [-0.25, -0.2) is 0 Å². The Kier molecular flexibility index (Phi) is 5.68. The van der Waals surface area contributed by atoms with Crippen LogP contribution >= 0.6 is 0 Å². The van der Waals surface area contributed by atoms with E-state index in [2.05, 4.69) is 5.32 Å². The van der Waals surface area contributed by atoms with Gasteiger partial charge in [0.1, 0.15) is 5.75 Å². The zero-order chi connectivity index (χ0) is 16.7. The van der Waals surface area contributed by atoms with Gasteiger partial charge in [0.25, 0.3) is 11.6 Å². The van der Waals surface area contributed by atoms with Crippen LogP contribution in [0.25, 0.3) is 0 Å². The Morgan fingerprint density at radius 3 is 2.39 bits per heavy atom. The van der Waals surface area contributed by atoms with E-state index in [0.717, 1.165) is 12.0 Å². The molecule has 120 valence electrons. The molecule has 23 heavy (non-hydrogen) atoms. The van der Waals surface area contributed by atoms with Gasteiger partial charge >= 0.3 is 0 Å². The Morgan fingerprint density at radius 1 is 1.17 bits per heavy atom. The fourth-order valence-electron chi connectivity index (χ4n) is 2.16. The van der Waals surface area contributed by atoms with E-state index in [1.165, 1.54) is 24.3 Å². The van der Waals surface area contributed by atoms with Gasteiger partial charge in [0.2, 0.25) is 0 Å². The Labute approximate surface area is 134 Å². The van der Waals surface area contributed by atoms with Gasteiger partial charge in [-0.1, -0.05) is 37.3 Å². The van der Waals surface area contributed by atoms with E-state index in [1.54, 1.807) is 0 Å². The van der Waals surface area contributed by atoms with Gasteiger partial charge in [0.05, 0.1) is 11.0 Å². The summed E-state index contributed by atoms with van der Waals surface area (Å²) in [5.41, 5.74) is 1.02. The minimum Gasteiger partial charge on any atom is -0.484 e. The van der Waals surface area contributed by atoms with Gasteiger partial charge in [-0.15, -0.1) is 0 Å². The van der Waals surface area contributed by atoms with E-state index in [1.807, 2.05) is 37.3 Å². The number of benzene rings is 2. The third kappa shape index (κ3) is 4.81. The molecule has 6 nitrogen and oxygen atoms in total. The molecule has 1 N–H and O–H groups in total. The second-order valence-corrected chi connectivity index (χ2v) is 4.98. The first kappa shape index (κ1) is 16.5. The maximum atomic E-state index is 12.0. The van der Waals surface area contributed by atoms with Crippen LogP contribution < -0.4 is 10.1 Å². The number of carbonyl (C=O) groups is 1. The van der Waals surface area contributed by atoms with Crippen LogP contribution in [0.1, 0.15) is 24.9 Å². The zero-order valence-electron chi connectivity index (χ0n) is 12.8. The van der Waals surface area contributed by atoms with Crippen LogP contribution in [0.4, 0.5) is 5.69 Å². The molecule has 0 aliphatic rings. The molecule has 0 saturated carbocycles. The summed E-state index contributed by atoms with van der Waals surface area (Å²) in [6.07, 6.45) is 0.771. The van der Waals surface area contributed by atoms with E-state index < -0.39 is 4.92 Å². The van der Waals surface area contributed by atoms with Crippen molar-refractivity contribution >= 4 is 11.6 Å². The maximum Gasteiger partial charge on any atom is 0.269 e. The molecule has 0 aliphatic heterocycles. The van der Waals surface area contributed by atoms with Crippen molar-refractivity contribution in [1.82, 2.24) is 5.32 Å². The standard InChI is InChI=1S/C17H18N2O4/c1-2-16(13-6-4-3-5-7-13)18-17(20)12-23-15-10-8-14(9-11-15)19(21)22/h3-11,16H,2,12H2,1H3,(H,18,20)/t16-/m1/s1. The number of nitro benzene ring substituents is 1. The molecule has 0 aliphatic carbocycles. The predicted molar refractivity (Wildman–Crippen MR) is 86.2 cm³/mol. The van der Waals surface area contributed by atoms with Crippen LogP contribution in [0.2, 0.25) is 0 Å². The molecule has 0 fully saturated rings. The molecule has 6 heteroatoms. The van der Waals surface area contributed by atoms with E-state index in [-0.39, 0.29) is 24.2 Å². The predicted octanol–water partition coefficient (Wildman–Crippen LogP) is 3.24. The molecule has 0 bridgehead atoms. The Balaban J connectivity index is 1.88. The lowest BCUT2D eigenvalue weighted by molar-refractivity contribution is -0.384. The average molecular weight is 314 g/mol. The minimum atomic E-state index is -0.484. The molecular formula is C17H18N2O4. The van der Waals surface area contributed by atoms with Crippen LogP contribution in [0, 0.1) is 10.1 Å². The van der Waals surface area contributed by atoms with Gasteiger partial charge < -0.3 is 10.1 Å². The van der Waals surface area contributed by atoms with Gasteiger partial charge in [-0.3, -0.25) is 14.9 Å². The number of hydrogen-bond acceptors (Lipinski definition) is 4. The number of hydrogen-bond donors (Lipinski definition) is 1. The van der Waals surface area contributed by atoms with Crippen molar-refractivity contribution in [3.8, 4) is 5.75 Å². The van der Waals surface area contributed by atoms with E-state index in [0.29, 0.717) is 5.75 Å². The molecule has 0 saturated heterocycles. The molecule has 0 heterocycles. The number of nitrogens with zero attached hydrogens (tertiary/aromatic N) is 1. The van der Waals surface area contributed by atoms with Crippen LogP contribution in [0.3, 0.4) is 0 Å². The molecule has 1 atom stereocenters. The summed E-state index contributed by atoms with van der Waals surface area (Å²) in [6, 6.07) is 15.3. The molecule has 1 amide bonds. The zero-order valence-corrected chi connectivity index (χ0v) is 12.8. The molecule has 0 unspecified atom stereocenters. The monoisotopic (exact) mass is 314 g/mol. The highest BCUT2D eigenvalue weighted by atomic mass is 16.6. The van der Waals surface area contributed by atoms with Gasteiger partial charge in [0, 0.05) is 12.1 Å². The molecular weight excluding hydrogens is 296 g/mol. The van der Waals surface area contributed by atoms with Crippen molar-refractivity contribution in [2.75, 3.05) is 6.61 Å². The first-order valence-electron chi connectivity index (χ1n) is 7.31. The Bertz CT molecular complexity index is 656. The van der Waals surface area contributed by atoms with Gasteiger partial charge in [-0.2, -0.15) is 0 Å². The van der Waals surface area contributed by atoms with Gasteiger partial charge in [0.15, 0.2) is 6.61 Å². The van der Waals surface area contributed by atoms with Crippen LogP contribution in [-0.2, 0) is 4.79 Å². The lowest BCUT2D eigenvalue weighted by Gasteiger charge is -2.17. The molecule has 2 aromatic rings. The first-order valence-corrected chi connectivity index (χ1v) is 7.31. The first-order chi connectivity index (χ1) is 11.1. The second kappa shape index (κ2) is 7.93. The molecule has 2 aromatic carbocycles. The van der Waals surface area contributed by atoms with E-state index >= 15 is 0 Å². The number of carbonyl (C=O) groups excluding carboxylic acids is 1. The number of non-ortho nitro benzene ring substituents is 1. The van der Waals surface area contributed by atoms with Crippen molar-refractivity contribution in [2.45, 2.75) is 19.4 Å². The SMILES string of the molecule is CC[C@@H](NC(=O)COc1ccc([N+](=O)[O-])cc1)c1ccccc1. The number of nitrogens with one attached hydrogen (secondary N) is 1. The Morgan fingerprint density at radius 2 is 1.83 bits per heavy atom. The van der Waals surface area contributed by atoms with Crippen molar-refractivity contribution in [1.29, 1.82) is 0 Å². The number of ether oxygens (including phenoxy) is 1. The lowest BCUT2D eigenvalue weighted by Crippen LogP contribution is -2.32. The number of rotatable bonds is 7. The summed E-state index contributed by atoms with van der Waals surface area (Å²) in [7, 11) is 0. The third-order valence-electron chi connectivity index (χ3n) is 3.36. The average Bonchev–Trinajstić information content (AvgIpc) is 2.59. The quantitative estimate of drug-likeness (QED) is 0.628. The largest absolute Gasteiger partial charge is 0.484 e. The fraction of sp³-hybridized carbons (Fsp3) is 0.235. The Hall–Kier alpha value is -2.89. The third-order valence-corrected chi connectivity index (χ3v) is 3.36. The topological polar surface area (TPSA) is 81.5 Å². The summed E-state index contributed by atoms with van der Waals surface area (Å²) in [5.74, 6) is 0.178.